The fourth-order valence-electron chi connectivity index (χ4n) is 1.31. The molecule has 1 N–H and O–H groups in total. The molecule has 96 valence electrons. The topological polar surface area (TPSA) is 47.0 Å². The van der Waals surface area contributed by atoms with Crippen molar-refractivity contribution in [2.75, 3.05) is 6.54 Å². The van der Waals surface area contributed by atoms with Crippen LogP contribution in [0.25, 0.3) is 0 Å². The van der Waals surface area contributed by atoms with E-state index in [0.29, 0.717) is 11.8 Å². The van der Waals surface area contributed by atoms with Gasteiger partial charge in [0.25, 0.3) is 0 Å². The molecule has 1 aromatic rings. The van der Waals surface area contributed by atoms with E-state index < -0.39 is 0 Å². The molecule has 0 saturated carbocycles. The zero-order chi connectivity index (χ0) is 12.7. The molecule has 0 fully saturated rings. The van der Waals surface area contributed by atoms with Crippen LogP contribution in [0.3, 0.4) is 0 Å². The summed E-state index contributed by atoms with van der Waals surface area (Å²) >= 11 is 0. The van der Waals surface area contributed by atoms with Gasteiger partial charge in [-0.15, -0.1) is 0 Å². The van der Waals surface area contributed by atoms with Gasteiger partial charge in [0, 0.05) is 12.7 Å². The first-order chi connectivity index (χ1) is 8.11. The molecule has 1 unspecified atom stereocenters. The Labute approximate surface area is 104 Å². The molecule has 1 atom stereocenters. The standard InChI is InChI=1S/C13H23N3O/c1-5-11(4)17-13-9-15-8-12(16-13)7-14-6-10(2)3/h8-11,14H,5-7H2,1-4H3. The van der Waals surface area contributed by atoms with Crippen LogP contribution < -0.4 is 10.1 Å². The van der Waals surface area contributed by atoms with Crippen LogP contribution in [0, 0.1) is 5.92 Å². The molecule has 0 bridgehead atoms. The molecule has 0 radical (unpaired) electrons. The molecule has 1 aromatic heterocycles. The maximum atomic E-state index is 5.63. The number of hydrogen-bond acceptors (Lipinski definition) is 4. The molecule has 0 spiro atoms. The maximum absolute atomic E-state index is 5.63. The molecule has 0 aromatic carbocycles. The Morgan fingerprint density at radius 2 is 2.06 bits per heavy atom. The van der Waals surface area contributed by atoms with Crippen molar-refractivity contribution in [2.45, 2.75) is 46.8 Å². The summed E-state index contributed by atoms with van der Waals surface area (Å²) < 4.78 is 5.63. The second-order valence-electron chi connectivity index (χ2n) is 4.71. The van der Waals surface area contributed by atoms with Crippen molar-refractivity contribution >= 4 is 0 Å². The van der Waals surface area contributed by atoms with Gasteiger partial charge in [0.1, 0.15) is 0 Å². The number of rotatable bonds is 7. The lowest BCUT2D eigenvalue weighted by Crippen LogP contribution is -2.20. The highest BCUT2D eigenvalue weighted by molar-refractivity contribution is 5.08. The molecular formula is C13H23N3O. The lowest BCUT2D eigenvalue weighted by molar-refractivity contribution is 0.207. The van der Waals surface area contributed by atoms with Gasteiger partial charge >= 0.3 is 0 Å². The van der Waals surface area contributed by atoms with Crippen molar-refractivity contribution in [3.05, 3.63) is 18.1 Å². The number of aromatic nitrogens is 2. The molecule has 0 aliphatic heterocycles. The largest absolute Gasteiger partial charge is 0.474 e. The summed E-state index contributed by atoms with van der Waals surface area (Å²) in [6.45, 7) is 10.2. The monoisotopic (exact) mass is 237 g/mol. The minimum Gasteiger partial charge on any atom is -0.474 e. The number of hydrogen-bond donors (Lipinski definition) is 1. The minimum absolute atomic E-state index is 0.183. The van der Waals surface area contributed by atoms with Crippen molar-refractivity contribution in [2.24, 2.45) is 5.92 Å². The fourth-order valence-corrected chi connectivity index (χ4v) is 1.31. The van der Waals surface area contributed by atoms with E-state index in [4.69, 9.17) is 4.74 Å². The highest BCUT2D eigenvalue weighted by Gasteiger charge is 2.04. The van der Waals surface area contributed by atoms with Crippen molar-refractivity contribution in [3.8, 4) is 5.88 Å². The van der Waals surface area contributed by atoms with E-state index in [2.05, 4.69) is 36.1 Å². The first-order valence-corrected chi connectivity index (χ1v) is 6.30. The van der Waals surface area contributed by atoms with Crippen LogP contribution in [0.15, 0.2) is 12.4 Å². The highest BCUT2D eigenvalue weighted by Crippen LogP contribution is 2.09. The van der Waals surface area contributed by atoms with Gasteiger partial charge in [-0.25, -0.2) is 4.98 Å². The van der Waals surface area contributed by atoms with Crippen LogP contribution in [0.1, 0.15) is 39.8 Å². The Hall–Kier alpha value is -1.16. The van der Waals surface area contributed by atoms with Crippen LogP contribution in [0.4, 0.5) is 0 Å². The van der Waals surface area contributed by atoms with Gasteiger partial charge in [-0.2, -0.15) is 0 Å². The Balaban J connectivity index is 2.48. The van der Waals surface area contributed by atoms with Gasteiger partial charge in [-0.3, -0.25) is 4.98 Å². The van der Waals surface area contributed by atoms with Gasteiger partial charge in [0.05, 0.1) is 18.0 Å². The minimum atomic E-state index is 0.183. The number of nitrogens with zero attached hydrogens (tertiary/aromatic N) is 2. The predicted molar refractivity (Wildman–Crippen MR) is 69.0 cm³/mol. The van der Waals surface area contributed by atoms with Gasteiger partial charge in [-0.1, -0.05) is 20.8 Å². The summed E-state index contributed by atoms with van der Waals surface area (Å²) in [5.41, 5.74) is 0.923. The van der Waals surface area contributed by atoms with Crippen LogP contribution in [-0.2, 0) is 6.54 Å². The first kappa shape index (κ1) is 13.9. The van der Waals surface area contributed by atoms with E-state index in [9.17, 15) is 0 Å². The van der Waals surface area contributed by atoms with Gasteiger partial charge in [0.15, 0.2) is 0 Å². The van der Waals surface area contributed by atoms with Crippen molar-refractivity contribution in [1.82, 2.24) is 15.3 Å². The first-order valence-electron chi connectivity index (χ1n) is 6.30. The Morgan fingerprint density at radius 3 is 2.71 bits per heavy atom. The third-order valence-electron chi connectivity index (χ3n) is 2.42. The maximum Gasteiger partial charge on any atom is 0.232 e. The molecule has 0 aliphatic carbocycles. The second-order valence-corrected chi connectivity index (χ2v) is 4.71. The van der Waals surface area contributed by atoms with E-state index >= 15 is 0 Å². The summed E-state index contributed by atoms with van der Waals surface area (Å²) in [6.07, 6.45) is 4.59. The lowest BCUT2D eigenvalue weighted by atomic mass is 10.2. The molecule has 4 heteroatoms. The van der Waals surface area contributed by atoms with E-state index in [-0.39, 0.29) is 6.10 Å². The molecule has 0 amide bonds. The lowest BCUT2D eigenvalue weighted by Gasteiger charge is -2.12. The van der Waals surface area contributed by atoms with Crippen molar-refractivity contribution in [1.29, 1.82) is 0 Å². The molecule has 1 rings (SSSR count). The average molecular weight is 237 g/mol. The van der Waals surface area contributed by atoms with E-state index in [1.165, 1.54) is 0 Å². The normalized spacial score (nSPS) is 12.8. The summed E-state index contributed by atoms with van der Waals surface area (Å²) in [5.74, 6) is 1.26. The SMILES string of the molecule is CCC(C)Oc1cncc(CNCC(C)C)n1. The molecule has 0 saturated heterocycles. The summed E-state index contributed by atoms with van der Waals surface area (Å²) in [7, 11) is 0. The third kappa shape index (κ3) is 5.63. The van der Waals surface area contributed by atoms with E-state index in [0.717, 1.165) is 25.2 Å². The summed E-state index contributed by atoms with van der Waals surface area (Å²) in [4.78, 5) is 8.55. The average Bonchev–Trinajstić information content (AvgIpc) is 2.29. The van der Waals surface area contributed by atoms with Gasteiger partial charge in [0.2, 0.25) is 5.88 Å². The zero-order valence-corrected chi connectivity index (χ0v) is 11.2. The fraction of sp³-hybridized carbons (Fsp3) is 0.692. The summed E-state index contributed by atoms with van der Waals surface area (Å²) in [5, 5.41) is 3.34. The highest BCUT2D eigenvalue weighted by atomic mass is 16.5. The Morgan fingerprint density at radius 1 is 1.29 bits per heavy atom. The molecular weight excluding hydrogens is 214 g/mol. The summed E-state index contributed by atoms with van der Waals surface area (Å²) in [6, 6.07) is 0. The number of nitrogens with one attached hydrogen (secondary N) is 1. The third-order valence-corrected chi connectivity index (χ3v) is 2.42. The molecule has 0 aliphatic rings. The Kier molecular flexibility index (Phi) is 5.91. The van der Waals surface area contributed by atoms with Gasteiger partial charge < -0.3 is 10.1 Å². The number of ether oxygens (including phenoxy) is 1. The van der Waals surface area contributed by atoms with Gasteiger partial charge in [-0.05, 0) is 25.8 Å². The van der Waals surface area contributed by atoms with Crippen molar-refractivity contribution < 1.29 is 4.74 Å². The smallest absolute Gasteiger partial charge is 0.232 e. The quantitative estimate of drug-likeness (QED) is 0.791. The van der Waals surface area contributed by atoms with Crippen LogP contribution in [0.5, 0.6) is 5.88 Å². The van der Waals surface area contributed by atoms with E-state index in [1.807, 2.05) is 6.92 Å². The van der Waals surface area contributed by atoms with Crippen LogP contribution in [-0.4, -0.2) is 22.6 Å². The molecule has 1 heterocycles. The Bertz CT molecular complexity index is 328. The van der Waals surface area contributed by atoms with E-state index in [1.54, 1.807) is 12.4 Å². The predicted octanol–water partition coefficient (Wildman–Crippen LogP) is 2.40. The van der Waals surface area contributed by atoms with Crippen LogP contribution in [0.2, 0.25) is 0 Å². The molecule has 4 nitrogen and oxygen atoms in total. The van der Waals surface area contributed by atoms with Crippen LogP contribution >= 0.6 is 0 Å². The molecule has 17 heavy (non-hydrogen) atoms. The zero-order valence-electron chi connectivity index (χ0n) is 11.2. The second kappa shape index (κ2) is 7.22. The van der Waals surface area contributed by atoms with Crippen molar-refractivity contribution in [3.63, 3.8) is 0 Å².